The maximum Gasteiger partial charge on any atom is 0.328 e. The van der Waals surface area contributed by atoms with Crippen molar-refractivity contribution in [3.05, 3.63) is 0 Å². The molecule has 1 aliphatic heterocycles. The van der Waals surface area contributed by atoms with Gasteiger partial charge in [0.15, 0.2) is 0 Å². The molecule has 0 aromatic rings. The van der Waals surface area contributed by atoms with Crippen LogP contribution in [0.4, 0.5) is 0 Å². The minimum absolute atomic E-state index is 0.00889. The highest BCUT2D eigenvalue weighted by atomic mass is 16.5. The number of esters is 1. The Bertz CT molecular complexity index is 285. The highest BCUT2D eigenvalue weighted by Gasteiger charge is 2.70. The fourth-order valence-corrected chi connectivity index (χ4v) is 2.47. The Hall–Kier alpha value is -1.06. The van der Waals surface area contributed by atoms with Gasteiger partial charge in [-0.05, 0) is 5.41 Å². The predicted molar refractivity (Wildman–Crippen MR) is 44.7 cm³/mol. The van der Waals surface area contributed by atoms with Gasteiger partial charge in [-0.1, -0.05) is 13.8 Å². The molecule has 0 radical (unpaired) electrons. The van der Waals surface area contributed by atoms with Crippen molar-refractivity contribution in [2.24, 2.45) is 17.3 Å². The second-order valence-electron chi connectivity index (χ2n) is 4.33. The van der Waals surface area contributed by atoms with Crippen LogP contribution in [0.2, 0.25) is 0 Å². The Morgan fingerprint density at radius 2 is 2.15 bits per heavy atom. The number of hydrogen-bond acceptors (Lipinski definition) is 3. The zero-order valence-corrected chi connectivity index (χ0v) is 7.96. The lowest BCUT2D eigenvalue weighted by Gasteiger charge is -2.15. The number of hydrogen-bond donors (Lipinski definition) is 1. The first-order valence-electron chi connectivity index (χ1n) is 4.38. The number of methoxy groups -OCH3 is 1. The summed E-state index contributed by atoms with van der Waals surface area (Å²) in [7, 11) is 1.34. The number of rotatable bonds is 1. The van der Waals surface area contributed by atoms with E-state index in [2.05, 4.69) is 10.1 Å². The van der Waals surface area contributed by atoms with E-state index in [1.165, 1.54) is 7.11 Å². The summed E-state index contributed by atoms with van der Waals surface area (Å²) in [6.45, 7) is 4.02. The van der Waals surface area contributed by atoms with E-state index >= 15 is 0 Å². The Morgan fingerprint density at radius 1 is 1.54 bits per heavy atom. The second kappa shape index (κ2) is 2.25. The van der Waals surface area contributed by atoms with Gasteiger partial charge in [0.05, 0.1) is 7.11 Å². The number of amides is 1. The normalized spacial score (nSPS) is 39.3. The van der Waals surface area contributed by atoms with Crippen LogP contribution in [0.1, 0.15) is 13.8 Å². The number of carbonyl (C=O) groups is 2. The molecule has 1 heterocycles. The van der Waals surface area contributed by atoms with Crippen molar-refractivity contribution in [2.45, 2.75) is 19.9 Å². The van der Waals surface area contributed by atoms with Crippen LogP contribution in [0.15, 0.2) is 0 Å². The van der Waals surface area contributed by atoms with Crippen molar-refractivity contribution in [1.29, 1.82) is 0 Å². The molecule has 72 valence electrons. The third-order valence-corrected chi connectivity index (χ3v) is 3.31. The Morgan fingerprint density at radius 3 is 2.54 bits per heavy atom. The molecule has 1 N–H and O–H groups in total. The zero-order valence-electron chi connectivity index (χ0n) is 7.96. The lowest BCUT2D eigenvalue weighted by Crippen LogP contribution is -2.40. The van der Waals surface area contributed by atoms with E-state index in [0.717, 1.165) is 0 Å². The van der Waals surface area contributed by atoms with Crippen LogP contribution in [-0.2, 0) is 14.3 Å². The first-order valence-corrected chi connectivity index (χ1v) is 4.38. The molecule has 0 aromatic heterocycles. The van der Waals surface area contributed by atoms with E-state index in [-0.39, 0.29) is 29.1 Å². The topological polar surface area (TPSA) is 55.4 Å². The fraction of sp³-hybridized carbons (Fsp3) is 0.778. The third kappa shape index (κ3) is 0.913. The number of fused-ring (bicyclic) bond motifs is 1. The summed E-state index contributed by atoms with van der Waals surface area (Å²) in [5.41, 5.74) is -0.0266. The van der Waals surface area contributed by atoms with Gasteiger partial charge in [0.1, 0.15) is 6.04 Å². The molecule has 3 atom stereocenters. The van der Waals surface area contributed by atoms with Crippen molar-refractivity contribution in [3.63, 3.8) is 0 Å². The first kappa shape index (κ1) is 8.53. The van der Waals surface area contributed by atoms with Crippen LogP contribution >= 0.6 is 0 Å². The standard InChI is InChI=1S/C9H13NO3/c1-9(2)4-5(9)7(11)10-6(4)8(12)13-3/h4-6H,1-3H3,(H,10,11). The van der Waals surface area contributed by atoms with Gasteiger partial charge in [-0.25, -0.2) is 4.79 Å². The molecule has 13 heavy (non-hydrogen) atoms. The number of piperidine rings is 1. The van der Waals surface area contributed by atoms with Crippen molar-refractivity contribution in [2.75, 3.05) is 7.11 Å². The van der Waals surface area contributed by atoms with Gasteiger partial charge >= 0.3 is 5.97 Å². The van der Waals surface area contributed by atoms with Gasteiger partial charge in [0, 0.05) is 11.8 Å². The van der Waals surface area contributed by atoms with E-state index in [9.17, 15) is 9.59 Å². The average molecular weight is 183 g/mol. The van der Waals surface area contributed by atoms with E-state index < -0.39 is 6.04 Å². The maximum atomic E-state index is 11.3. The fourth-order valence-electron chi connectivity index (χ4n) is 2.47. The van der Waals surface area contributed by atoms with Crippen LogP contribution in [0.3, 0.4) is 0 Å². The lowest BCUT2D eigenvalue weighted by atomic mass is 10.0. The third-order valence-electron chi connectivity index (χ3n) is 3.31. The molecule has 0 aromatic carbocycles. The summed E-state index contributed by atoms with van der Waals surface area (Å²) in [4.78, 5) is 22.6. The summed E-state index contributed by atoms with van der Waals surface area (Å²) >= 11 is 0. The van der Waals surface area contributed by atoms with Gasteiger partial charge in [0.25, 0.3) is 0 Å². The average Bonchev–Trinajstić information content (AvgIpc) is 2.44. The maximum absolute atomic E-state index is 11.3. The van der Waals surface area contributed by atoms with Crippen LogP contribution in [-0.4, -0.2) is 25.0 Å². The molecule has 1 amide bonds. The van der Waals surface area contributed by atoms with Crippen molar-refractivity contribution < 1.29 is 14.3 Å². The minimum Gasteiger partial charge on any atom is -0.467 e. The Labute approximate surface area is 76.6 Å². The molecule has 0 bridgehead atoms. The van der Waals surface area contributed by atoms with Crippen LogP contribution in [0.25, 0.3) is 0 Å². The SMILES string of the molecule is COC(=O)C1NC(=O)C2C1C2(C)C. The number of ether oxygens (including phenoxy) is 1. The summed E-state index contributed by atoms with van der Waals surface area (Å²) in [5.74, 6) is -0.194. The van der Waals surface area contributed by atoms with E-state index in [4.69, 9.17) is 0 Å². The van der Waals surface area contributed by atoms with Gasteiger partial charge in [-0.3, -0.25) is 4.79 Å². The monoisotopic (exact) mass is 183 g/mol. The number of nitrogens with one attached hydrogen (secondary N) is 1. The molecule has 1 aliphatic carbocycles. The molecule has 2 aliphatic rings. The van der Waals surface area contributed by atoms with Gasteiger partial charge < -0.3 is 10.1 Å². The minimum atomic E-state index is -0.419. The molecule has 0 spiro atoms. The highest BCUT2D eigenvalue weighted by Crippen LogP contribution is 2.62. The molecule has 2 rings (SSSR count). The predicted octanol–water partition coefficient (Wildman–Crippen LogP) is -0.0700. The highest BCUT2D eigenvalue weighted by molar-refractivity contribution is 5.94. The van der Waals surface area contributed by atoms with Crippen LogP contribution < -0.4 is 5.32 Å². The quantitative estimate of drug-likeness (QED) is 0.579. The van der Waals surface area contributed by atoms with Crippen molar-refractivity contribution >= 4 is 11.9 Å². The summed E-state index contributed by atoms with van der Waals surface area (Å²) in [6, 6.07) is -0.419. The van der Waals surface area contributed by atoms with Gasteiger partial charge in [0.2, 0.25) is 5.91 Å². The number of carbonyl (C=O) groups excluding carboxylic acids is 2. The molecule has 1 saturated carbocycles. The summed E-state index contributed by atoms with van der Waals surface area (Å²) in [6.07, 6.45) is 0. The molecular formula is C9H13NO3. The zero-order chi connectivity index (χ0) is 9.80. The van der Waals surface area contributed by atoms with Gasteiger partial charge in [-0.2, -0.15) is 0 Å². The molecule has 4 heteroatoms. The molecule has 4 nitrogen and oxygen atoms in total. The largest absolute Gasteiger partial charge is 0.467 e. The van der Waals surface area contributed by atoms with Crippen molar-refractivity contribution in [3.8, 4) is 0 Å². The Kier molecular flexibility index (Phi) is 1.47. The Balaban J connectivity index is 2.18. The summed E-state index contributed by atoms with van der Waals surface area (Å²) in [5, 5.41) is 2.65. The van der Waals surface area contributed by atoms with Crippen LogP contribution in [0.5, 0.6) is 0 Å². The molecule has 3 unspecified atom stereocenters. The smallest absolute Gasteiger partial charge is 0.328 e. The van der Waals surface area contributed by atoms with E-state index in [1.54, 1.807) is 0 Å². The van der Waals surface area contributed by atoms with Crippen molar-refractivity contribution in [1.82, 2.24) is 5.32 Å². The van der Waals surface area contributed by atoms with E-state index in [1.807, 2.05) is 13.8 Å². The molecule has 1 saturated heterocycles. The van der Waals surface area contributed by atoms with Crippen LogP contribution in [0, 0.1) is 17.3 Å². The van der Waals surface area contributed by atoms with Gasteiger partial charge in [-0.15, -0.1) is 0 Å². The molecule has 2 fully saturated rings. The molecular weight excluding hydrogens is 170 g/mol. The van der Waals surface area contributed by atoms with E-state index in [0.29, 0.717) is 0 Å². The lowest BCUT2D eigenvalue weighted by molar-refractivity contribution is -0.144. The first-order chi connectivity index (χ1) is 6.00. The second-order valence-corrected chi connectivity index (χ2v) is 4.33. The summed E-state index contributed by atoms with van der Waals surface area (Å²) < 4.78 is 4.62.